The molecular formula is C18H14ClFN4O2S2. The molecule has 3 rings (SSSR count). The molecule has 0 atom stereocenters. The van der Waals surface area contributed by atoms with E-state index in [9.17, 15) is 14.0 Å². The van der Waals surface area contributed by atoms with Gasteiger partial charge in [0.05, 0.1) is 5.75 Å². The highest BCUT2D eigenvalue weighted by Crippen LogP contribution is 2.24. The molecule has 0 fully saturated rings. The third-order valence-electron chi connectivity index (χ3n) is 3.47. The van der Waals surface area contributed by atoms with Crippen LogP contribution in [0.3, 0.4) is 0 Å². The van der Waals surface area contributed by atoms with E-state index in [2.05, 4.69) is 20.8 Å². The summed E-state index contributed by atoms with van der Waals surface area (Å²) >= 11 is 8.13. The van der Waals surface area contributed by atoms with Gasteiger partial charge in [-0.15, -0.1) is 10.2 Å². The second-order valence-corrected chi connectivity index (χ2v) is 8.27. The molecule has 0 spiro atoms. The molecule has 0 saturated heterocycles. The van der Waals surface area contributed by atoms with Crippen molar-refractivity contribution in [3.63, 3.8) is 0 Å². The highest BCUT2D eigenvalue weighted by molar-refractivity contribution is 8.01. The van der Waals surface area contributed by atoms with Gasteiger partial charge in [-0.1, -0.05) is 40.8 Å². The van der Waals surface area contributed by atoms with Crippen molar-refractivity contribution in [2.45, 2.75) is 11.3 Å². The van der Waals surface area contributed by atoms with E-state index in [1.807, 2.05) is 0 Å². The molecule has 0 saturated carbocycles. The van der Waals surface area contributed by atoms with Crippen LogP contribution in [0.25, 0.3) is 0 Å². The molecule has 0 bridgehead atoms. The van der Waals surface area contributed by atoms with Crippen LogP contribution < -0.4 is 10.6 Å². The van der Waals surface area contributed by atoms with Gasteiger partial charge in [0.25, 0.3) is 5.91 Å². The zero-order chi connectivity index (χ0) is 20.1. The number of amides is 2. The number of hydrogen-bond donors (Lipinski definition) is 2. The van der Waals surface area contributed by atoms with Crippen LogP contribution >= 0.6 is 34.7 Å². The predicted octanol–water partition coefficient (Wildman–Crippen LogP) is 4.62. The van der Waals surface area contributed by atoms with Gasteiger partial charge in [-0.3, -0.25) is 9.59 Å². The lowest BCUT2D eigenvalue weighted by atomic mass is 10.2. The van der Waals surface area contributed by atoms with Crippen molar-refractivity contribution >= 4 is 57.9 Å². The van der Waals surface area contributed by atoms with E-state index in [1.54, 1.807) is 31.2 Å². The van der Waals surface area contributed by atoms with E-state index in [0.29, 0.717) is 26.3 Å². The summed E-state index contributed by atoms with van der Waals surface area (Å²) in [5.74, 6) is -0.943. The summed E-state index contributed by atoms with van der Waals surface area (Å²) in [5.41, 5.74) is 1.73. The fourth-order valence-corrected chi connectivity index (χ4v) is 3.93. The van der Waals surface area contributed by atoms with Crippen molar-refractivity contribution in [2.75, 3.05) is 16.4 Å². The number of aryl methyl sites for hydroxylation is 1. The number of rotatable bonds is 6. The van der Waals surface area contributed by atoms with Crippen molar-refractivity contribution in [1.82, 2.24) is 10.2 Å². The summed E-state index contributed by atoms with van der Waals surface area (Å²) in [5, 5.41) is 13.9. The SMILES string of the molecule is Cc1cc(F)ccc1NC(=O)CSc1nnc(C(=O)Nc2cccc(Cl)c2)s1. The van der Waals surface area contributed by atoms with Gasteiger partial charge in [0.15, 0.2) is 4.34 Å². The number of halogens is 2. The standard InChI is InChI=1S/C18H14ClFN4O2S2/c1-10-7-12(20)5-6-14(10)22-15(25)9-27-18-24-23-17(28-18)16(26)21-13-4-2-3-11(19)8-13/h2-8H,9H2,1H3,(H,21,26)(H,22,25). The molecular weight excluding hydrogens is 423 g/mol. The second-order valence-electron chi connectivity index (χ2n) is 5.63. The number of anilines is 2. The zero-order valence-electron chi connectivity index (χ0n) is 14.5. The molecule has 2 amide bonds. The van der Waals surface area contributed by atoms with Gasteiger partial charge in [-0.05, 0) is 48.9 Å². The van der Waals surface area contributed by atoms with Crippen molar-refractivity contribution in [3.8, 4) is 0 Å². The number of benzene rings is 2. The number of thioether (sulfide) groups is 1. The molecule has 1 heterocycles. The molecule has 0 aliphatic carbocycles. The molecule has 144 valence electrons. The average molecular weight is 437 g/mol. The Morgan fingerprint density at radius 3 is 2.75 bits per heavy atom. The summed E-state index contributed by atoms with van der Waals surface area (Å²) in [4.78, 5) is 24.3. The second kappa shape index (κ2) is 9.13. The smallest absolute Gasteiger partial charge is 0.286 e. The highest BCUT2D eigenvalue weighted by atomic mass is 35.5. The summed E-state index contributed by atoms with van der Waals surface area (Å²) in [6, 6.07) is 10.9. The van der Waals surface area contributed by atoms with Crippen LogP contribution in [0, 0.1) is 12.7 Å². The molecule has 28 heavy (non-hydrogen) atoms. The fourth-order valence-electron chi connectivity index (χ4n) is 2.19. The van der Waals surface area contributed by atoms with Crippen LogP contribution in [0.4, 0.5) is 15.8 Å². The maximum absolute atomic E-state index is 13.1. The Bertz CT molecular complexity index is 1030. The van der Waals surface area contributed by atoms with Crippen molar-refractivity contribution in [3.05, 3.63) is 63.9 Å². The van der Waals surface area contributed by atoms with Gasteiger partial charge in [-0.25, -0.2) is 4.39 Å². The van der Waals surface area contributed by atoms with Crippen LogP contribution in [0.5, 0.6) is 0 Å². The maximum Gasteiger partial charge on any atom is 0.286 e. The Labute approximate surface area is 173 Å². The summed E-state index contributed by atoms with van der Waals surface area (Å²) < 4.78 is 13.6. The Hall–Kier alpha value is -2.49. The van der Waals surface area contributed by atoms with E-state index in [1.165, 1.54) is 18.2 Å². The number of nitrogens with zero attached hydrogens (tertiary/aromatic N) is 2. The fraction of sp³-hybridized carbons (Fsp3) is 0.111. The minimum Gasteiger partial charge on any atom is -0.325 e. The van der Waals surface area contributed by atoms with Gasteiger partial charge in [0.1, 0.15) is 5.82 Å². The zero-order valence-corrected chi connectivity index (χ0v) is 16.9. The maximum atomic E-state index is 13.1. The summed E-state index contributed by atoms with van der Waals surface area (Å²) in [6.45, 7) is 1.71. The minimum absolute atomic E-state index is 0.0847. The topological polar surface area (TPSA) is 84.0 Å². The average Bonchev–Trinajstić information content (AvgIpc) is 3.12. The van der Waals surface area contributed by atoms with Crippen molar-refractivity contribution in [1.29, 1.82) is 0 Å². The Kier molecular flexibility index (Phi) is 6.61. The van der Waals surface area contributed by atoms with Crippen LogP contribution in [-0.4, -0.2) is 27.8 Å². The molecule has 1 aromatic heterocycles. The van der Waals surface area contributed by atoms with E-state index in [0.717, 1.165) is 23.1 Å². The molecule has 2 N–H and O–H groups in total. The van der Waals surface area contributed by atoms with E-state index < -0.39 is 5.91 Å². The van der Waals surface area contributed by atoms with E-state index in [4.69, 9.17) is 11.6 Å². The molecule has 0 radical (unpaired) electrons. The first-order valence-electron chi connectivity index (χ1n) is 8.00. The lowest BCUT2D eigenvalue weighted by Crippen LogP contribution is -2.14. The highest BCUT2D eigenvalue weighted by Gasteiger charge is 2.15. The van der Waals surface area contributed by atoms with Crippen molar-refractivity contribution < 1.29 is 14.0 Å². The molecule has 3 aromatic rings. The quantitative estimate of drug-likeness (QED) is 0.551. The number of nitrogens with one attached hydrogen (secondary N) is 2. The van der Waals surface area contributed by atoms with Gasteiger partial charge < -0.3 is 10.6 Å². The minimum atomic E-state index is -0.405. The van der Waals surface area contributed by atoms with Gasteiger partial charge in [0.2, 0.25) is 10.9 Å². The normalized spacial score (nSPS) is 10.5. The molecule has 0 unspecified atom stereocenters. The van der Waals surface area contributed by atoms with Crippen LogP contribution in [0.15, 0.2) is 46.8 Å². The van der Waals surface area contributed by atoms with E-state index >= 15 is 0 Å². The summed E-state index contributed by atoms with van der Waals surface area (Å²) in [7, 11) is 0. The van der Waals surface area contributed by atoms with Crippen molar-refractivity contribution in [2.24, 2.45) is 0 Å². The third-order valence-corrected chi connectivity index (χ3v) is 5.76. The predicted molar refractivity (Wildman–Crippen MR) is 110 cm³/mol. The number of carbonyl (C=O) groups is 2. The van der Waals surface area contributed by atoms with Gasteiger partial charge in [-0.2, -0.15) is 0 Å². The Balaban J connectivity index is 1.54. The first-order chi connectivity index (χ1) is 13.4. The number of hydrogen-bond acceptors (Lipinski definition) is 6. The lowest BCUT2D eigenvalue weighted by molar-refractivity contribution is -0.113. The van der Waals surface area contributed by atoms with Gasteiger partial charge >= 0.3 is 0 Å². The summed E-state index contributed by atoms with van der Waals surface area (Å²) in [6.07, 6.45) is 0. The molecule has 2 aromatic carbocycles. The first-order valence-corrected chi connectivity index (χ1v) is 10.2. The third kappa shape index (κ3) is 5.51. The Morgan fingerprint density at radius 1 is 1.18 bits per heavy atom. The number of aromatic nitrogens is 2. The van der Waals surface area contributed by atoms with Crippen LogP contribution in [0.1, 0.15) is 15.4 Å². The number of carbonyl (C=O) groups excluding carboxylic acids is 2. The monoisotopic (exact) mass is 436 g/mol. The lowest BCUT2D eigenvalue weighted by Gasteiger charge is -2.07. The van der Waals surface area contributed by atoms with Crippen LogP contribution in [0.2, 0.25) is 5.02 Å². The first kappa shape index (κ1) is 20.2. The van der Waals surface area contributed by atoms with Crippen LogP contribution in [-0.2, 0) is 4.79 Å². The molecule has 0 aliphatic heterocycles. The molecule has 0 aliphatic rings. The van der Waals surface area contributed by atoms with E-state index in [-0.39, 0.29) is 22.5 Å². The molecule has 10 heteroatoms. The Morgan fingerprint density at radius 2 is 2.00 bits per heavy atom. The largest absolute Gasteiger partial charge is 0.325 e. The van der Waals surface area contributed by atoms with Gasteiger partial charge in [0, 0.05) is 16.4 Å². The molecule has 6 nitrogen and oxygen atoms in total.